The fourth-order valence-corrected chi connectivity index (χ4v) is 4.38. The van der Waals surface area contributed by atoms with Gasteiger partial charge >= 0.3 is 6.36 Å². The van der Waals surface area contributed by atoms with Crippen molar-refractivity contribution in [2.45, 2.75) is 25.2 Å². The van der Waals surface area contributed by atoms with Crippen LogP contribution in [0.15, 0.2) is 53.3 Å². The van der Waals surface area contributed by atoms with Crippen LogP contribution < -0.4 is 9.47 Å². The molecule has 4 aromatic rings. The molecule has 0 spiro atoms. The van der Waals surface area contributed by atoms with Crippen molar-refractivity contribution in [2.24, 2.45) is 0 Å². The van der Waals surface area contributed by atoms with Crippen LogP contribution in [0.2, 0.25) is 5.02 Å². The Morgan fingerprint density at radius 1 is 1.16 bits per heavy atom. The number of benzene rings is 2. The Balaban J connectivity index is 1.48. The van der Waals surface area contributed by atoms with Crippen molar-refractivity contribution in [3.05, 3.63) is 65.2 Å². The molecule has 0 aliphatic carbocycles. The van der Waals surface area contributed by atoms with Gasteiger partial charge in [-0.15, -0.1) is 13.2 Å². The van der Waals surface area contributed by atoms with Gasteiger partial charge in [0.15, 0.2) is 5.82 Å². The summed E-state index contributed by atoms with van der Waals surface area (Å²) >= 11 is 6.29. The largest absolute Gasteiger partial charge is 0.573 e. The van der Waals surface area contributed by atoms with E-state index in [2.05, 4.69) is 25.1 Å². The fraction of sp³-hybridized carbons (Fsp3) is 0.261. The van der Waals surface area contributed by atoms with E-state index in [1.807, 2.05) is 0 Å². The summed E-state index contributed by atoms with van der Waals surface area (Å²) in [5.74, 6) is -0.572. The van der Waals surface area contributed by atoms with Gasteiger partial charge in [0.1, 0.15) is 17.2 Å². The molecule has 1 saturated heterocycles. The maximum Gasteiger partial charge on any atom is 0.573 e. The zero-order chi connectivity index (χ0) is 26.2. The van der Waals surface area contributed by atoms with Crippen LogP contribution in [0.3, 0.4) is 0 Å². The molecule has 1 aliphatic rings. The van der Waals surface area contributed by atoms with Gasteiger partial charge < -0.3 is 18.9 Å². The van der Waals surface area contributed by atoms with E-state index in [0.29, 0.717) is 30.8 Å². The number of hydrogen-bond acceptors (Lipinski definition) is 8. The first-order valence-corrected chi connectivity index (χ1v) is 11.4. The minimum atomic E-state index is -4.89. The molecule has 1 aliphatic heterocycles. The van der Waals surface area contributed by atoms with Crippen molar-refractivity contribution < 1.29 is 32.0 Å². The summed E-state index contributed by atoms with van der Waals surface area (Å²) in [7, 11) is 1.43. The smallest absolute Gasteiger partial charge is 0.495 e. The van der Waals surface area contributed by atoms with E-state index < -0.39 is 18.2 Å². The highest BCUT2D eigenvalue weighted by molar-refractivity contribution is 6.32. The summed E-state index contributed by atoms with van der Waals surface area (Å²) in [6, 6.07) is 7.89. The van der Waals surface area contributed by atoms with Crippen LogP contribution in [0.1, 0.15) is 35.1 Å². The first-order chi connectivity index (χ1) is 17.7. The Morgan fingerprint density at radius 3 is 2.65 bits per heavy atom. The topological polar surface area (TPSA) is 108 Å². The fourth-order valence-electron chi connectivity index (χ4n) is 4.15. The van der Waals surface area contributed by atoms with Crippen LogP contribution >= 0.6 is 11.6 Å². The second-order valence-corrected chi connectivity index (χ2v) is 8.39. The number of rotatable bonds is 6. The average molecular weight is 535 g/mol. The predicted octanol–water partition coefficient (Wildman–Crippen LogP) is 4.86. The molecule has 2 aromatic heterocycles. The maximum absolute atomic E-state index is 13.7. The van der Waals surface area contributed by atoms with Crippen LogP contribution in [-0.2, 0) is 0 Å². The van der Waals surface area contributed by atoms with Crippen molar-refractivity contribution >= 4 is 17.5 Å². The van der Waals surface area contributed by atoms with Crippen molar-refractivity contribution in [1.82, 2.24) is 30.0 Å². The number of amides is 1. The van der Waals surface area contributed by atoms with Gasteiger partial charge in [-0.2, -0.15) is 20.0 Å². The molecule has 3 heterocycles. The summed E-state index contributed by atoms with van der Waals surface area (Å²) < 4.78 is 53.2. The third-order valence-electron chi connectivity index (χ3n) is 5.73. The molecule has 192 valence electrons. The lowest BCUT2D eigenvalue weighted by Gasteiger charge is -2.23. The van der Waals surface area contributed by atoms with Crippen LogP contribution in [0.25, 0.3) is 17.1 Å². The number of likely N-dealkylation sites (tertiary alicyclic amines) is 1. The number of ether oxygens (including phenoxy) is 2. The van der Waals surface area contributed by atoms with Crippen molar-refractivity contribution in [2.75, 3.05) is 13.7 Å². The highest BCUT2D eigenvalue weighted by Crippen LogP contribution is 2.38. The Bertz CT molecular complexity index is 1430. The zero-order valence-electron chi connectivity index (χ0n) is 19.1. The summed E-state index contributed by atoms with van der Waals surface area (Å²) in [4.78, 5) is 20.9. The minimum Gasteiger partial charge on any atom is -0.495 e. The van der Waals surface area contributed by atoms with Gasteiger partial charge in [-0.3, -0.25) is 4.79 Å². The first kappa shape index (κ1) is 24.6. The van der Waals surface area contributed by atoms with Gasteiger partial charge in [0.05, 0.1) is 41.7 Å². The molecule has 1 fully saturated rings. The van der Waals surface area contributed by atoms with Crippen molar-refractivity contribution in [3.8, 4) is 28.6 Å². The standard InChI is InChI=1S/C23H18ClF3N6O4/c1-35-19-11-14(17(12-15(19)24)33-28-8-9-29-33)22(34)32-10-4-6-16(32)20-30-21(37-31-20)13-5-2-3-7-18(13)36-23(25,26)27/h2-3,5,7-9,11-12,16H,4,6,10H2,1H3/t16-/m0/s1. The second-order valence-electron chi connectivity index (χ2n) is 7.98. The number of carbonyl (C=O) groups excluding carboxylic acids is 1. The zero-order valence-corrected chi connectivity index (χ0v) is 19.9. The molecule has 0 saturated carbocycles. The number of methoxy groups -OCH3 is 1. The van der Waals surface area contributed by atoms with Gasteiger partial charge in [0, 0.05) is 6.54 Å². The number of para-hydroxylation sites is 1. The highest BCUT2D eigenvalue weighted by Gasteiger charge is 2.37. The number of carbonyl (C=O) groups is 1. The minimum absolute atomic E-state index is 0.0241. The van der Waals surface area contributed by atoms with Gasteiger partial charge in [0.25, 0.3) is 11.8 Å². The molecule has 0 unspecified atom stereocenters. The molecule has 1 amide bonds. The molecule has 37 heavy (non-hydrogen) atoms. The molecule has 1 atom stereocenters. The summed E-state index contributed by atoms with van der Waals surface area (Å²) in [6.07, 6.45) is -0.799. The quantitative estimate of drug-likeness (QED) is 0.345. The molecule has 10 nitrogen and oxygen atoms in total. The molecular weight excluding hydrogens is 517 g/mol. The Labute approximate surface area is 212 Å². The van der Waals surface area contributed by atoms with Gasteiger partial charge in [0.2, 0.25) is 0 Å². The third kappa shape index (κ3) is 4.94. The number of nitrogens with zero attached hydrogens (tertiary/aromatic N) is 6. The average Bonchev–Trinajstić information content (AvgIpc) is 3.64. The van der Waals surface area contributed by atoms with Crippen LogP contribution in [-0.4, -0.2) is 56.0 Å². The van der Waals surface area contributed by atoms with Gasteiger partial charge in [-0.25, -0.2) is 0 Å². The summed E-state index contributed by atoms with van der Waals surface area (Å²) in [5, 5.41) is 12.4. The van der Waals surface area contributed by atoms with E-state index >= 15 is 0 Å². The predicted molar refractivity (Wildman–Crippen MR) is 122 cm³/mol. The Hall–Kier alpha value is -4.13. The maximum atomic E-state index is 13.7. The first-order valence-electron chi connectivity index (χ1n) is 11.0. The Kier molecular flexibility index (Phi) is 6.46. The van der Waals surface area contributed by atoms with Crippen LogP contribution in [0.4, 0.5) is 13.2 Å². The summed E-state index contributed by atoms with van der Waals surface area (Å²) in [5.41, 5.74) is 0.555. The van der Waals surface area contributed by atoms with E-state index in [1.54, 1.807) is 4.90 Å². The Morgan fingerprint density at radius 2 is 1.92 bits per heavy atom. The van der Waals surface area contributed by atoms with Gasteiger partial charge in [-0.05, 0) is 37.1 Å². The molecule has 0 N–H and O–H groups in total. The molecule has 0 bridgehead atoms. The highest BCUT2D eigenvalue weighted by atomic mass is 35.5. The van der Waals surface area contributed by atoms with Crippen LogP contribution in [0.5, 0.6) is 11.5 Å². The lowest BCUT2D eigenvalue weighted by atomic mass is 10.1. The number of halogens is 4. The SMILES string of the molecule is COc1cc(C(=O)N2CCC[C@H]2c2noc(-c3ccccc3OC(F)(F)F)n2)c(-n2nccn2)cc1Cl. The molecule has 5 rings (SSSR count). The van der Waals surface area contributed by atoms with E-state index in [9.17, 15) is 18.0 Å². The third-order valence-corrected chi connectivity index (χ3v) is 6.03. The van der Waals surface area contributed by atoms with Crippen molar-refractivity contribution in [1.29, 1.82) is 0 Å². The van der Waals surface area contributed by atoms with E-state index in [-0.39, 0.29) is 33.8 Å². The number of alkyl halides is 3. The van der Waals surface area contributed by atoms with Crippen molar-refractivity contribution in [3.63, 3.8) is 0 Å². The molecule has 14 heteroatoms. The van der Waals surface area contributed by atoms with E-state index in [1.165, 1.54) is 54.6 Å². The normalized spacial score (nSPS) is 15.7. The number of hydrogen-bond donors (Lipinski definition) is 0. The number of aromatic nitrogens is 5. The summed E-state index contributed by atoms with van der Waals surface area (Å²) in [6.45, 7) is 0.387. The molecular formula is C23H18ClF3N6O4. The lowest BCUT2D eigenvalue weighted by Crippen LogP contribution is -2.32. The molecule has 2 aromatic carbocycles. The molecule has 0 radical (unpaired) electrons. The van der Waals surface area contributed by atoms with E-state index in [0.717, 1.165) is 6.07 Å². The van der Waals surface area contributed by atoms with E-state index in [4.69, 9.17) is 20.9 Å². The second kappa shape index (κ2) is 9.73. The van der Waals surface area contributed by atoms with Crippen LogP contribution in [0, 0.1) is 0 Å². The van der Waals surface area contributed by atoms with Gasteiger partial charge in [-0.1, -0.05) is 28.9 Å². The monoisotopic (exact) mass is 534 g/mol. The lowest BCUT2D eigenvalue weighted by molar-refractivity contribution is -0.274.